The Labute approximate surface area is 218 Å². The third kappa shape index (κ3) is 5.56. The van der Waals surface area contributed by atoms with E-state index in [2.05, 4.69) is 0 Å². The van der Waals surface area contributed by atoms with Crippen LogP contribution in [0.25, 0.3) is 0 Å². The van der Waals surface area contributed by atoms with Gasteiger partial charge in [-0.3, -0.25) is 4.79 Å². The van der Waals surface area contributed by atoms with E-state index in [9.17, 15) is 21.6 Å². The molecule has 1 atom stereocenters. The zero-order valence-electron chi connectivity index (χ0n) is 20.9. The smallest absolute Gasteiger partial charge is 0.256 e. The molecule has 37 heavy (non-hydrogen) atoms. The third-order valence-corrected chi connectivity index (χ3v) is 10.7. The number of likely N-dealkylation sites (tertiary alicyclic amines) is 1. The van der Waals surface area contributed by atoms with Gasteiger partial charge in [-0.15, -0.1) is 0 Å². The van der Waals surface area contributed by atoms with Gasteiger partial charge in [-0.2, -0.15) is 0 Å². The maximum atomic E-state index is 13.7. The van der Waals surface area contributed by atoms with Gasteiger partial charge in [-0.1, -0.05) is 54.0 Å². The molecule has 1 fully saturated rings. The number of amides is 1. The van der Waals surface area contributed by atoms with E-state index in [1.165, 1.54) is 31.4 Å². The molecule has 10 heteroatoms. The van der Waals surface area contributed by atoms with Crippen LogP contribution in [-0.2, 0) is 20.0 Å². The topological polar surface area (TPSA) is 101 Å². The van der Waals surface area contributed by atoms with Crippen molar-refractivity contribution >= 4 is 26.0 Å². The van der Waals surface area contributed by atoms with E-state index in [1.807, 2.05) is 13.8 Å². The molecule has 1 unspecified atom stereocenters. The average molecular weight is 543 g/mol. The Morgan fingerprint density at radius 2 is 1.35 bits per heavy atom. The molecule has 0 bridgehead atoms. The molecule has 1 saturated heterocycles. The molecule has 0 aliphatic carbocycles. The van der Waals surface area contributed by atoms with Gasteiger partial charge < -0.3 is 9.64 Å². The van der Waals surface area contributed by atoms with Crippen molar-refractivity contribution in [3.05, 3.63) is 90.5 Å². The summed E-state index contributed by atoms with van der Waals surface area (Å²) in [6, 6.07) is 20.9. The molecule has 0 aromatic heterocycles. The molecule has 0 spiro atoms. The number of carbonyl (C=O) groups excluding carboxylic acids is 1. The number of methoxy groups -OCH3 is 1. The SMILES string of the molecule is COc1ccc(C(=O)N2CC(C)(C)CC2CN(S(=O)(=O)c2ccccc2)S(=O)(=O)c2ccccc2)cc1. The Hall–Kier alpha value is -3.21. The molecule has 1 aliphatic rings. The van der Waals surface area contributed by atoms with Crippen LogP contribution in [-0.4, -0.2) is 57.6 Å². The Bertz CT molecular complexity index is 1390. The zero-order valence-corrected chi connectivity index (χ0v) is 22.6. The summed E-state index contributed by atoms with van der Waals surface area (Å²) in [6.07, 6.45) is 0.431. The van der Waals surface area contributed by atoms with Crippen LogP contribution >= 0.6 is 0 Å². The summed E-state index contributed by atoms with van der Waals surface area (Å²) in [6.45, 7) is 3.90. The van der Waals surface area contributed by atoms with Crippen LogP contribution < -0.4 is 4.74 Å². The van der Waals surface area contributed by atoms with Gasteiger partial charge >= 0.3 is 0 Å². The lowest BCUT2D eigenvalue weighted by Crippen LogP contribution is -2.47. The van der Waals surface area contributed by atoms with Gasteiger partial charge in [0.2, 0.25) is 0 Å². The van der Waals surface area contributed by atoms with Crippen molar-refractivity contribution in [3.8, 4) is 5.75 Å². The van der Waals surface area contributed by atoms with Crippen molar-refractivity contribution in [3.63, 3.8) is 0 Å². The summed E-state index contributed by atoms with van der Waals surface area (Å²) in [4.78, 5) is 14.8. The Kier molecular flexibility index (Phi) is 7.45. The van der Waals surface area contributed by atoms with Crippen LogP contribution in [0.3, 0.4) is 0 Å². The van der Waals surface area contributed by atoms with Crippen molar-refractivity contribution in [2.75, 3.05) is 20.2 Å². The van der Waals surface area contributed by atoms with Crippen molar-refractivity contribution in [1.82, 2.24) is 8.61 Å². The summed E-state index contributed by atoms with van der Waals surface area (Å²) >= 11 is 0. The van der Waals surface area contributed by atoms with Gasteiger partial charge in [0, 0.05) is 18.2 Å². The monoisotopic (exact) mass is 542 g/mol. The van der Waals surface area contributed by atoms with Gasteiger partial charge in [-0.05, 0) is 60.4 Å². The Morgan fingerprint density at radius 1 is 0.865 bits per heavy atom. The van der Waals surface area contributed by atoms with Crippen LogP contribution in [0.1, 0.15) is 30.6 Å². The summed E-state index contributed by atoms with van der Waals surface area (Å²) in [7, 11) is -7.39. The number of benzene rings is 3. The molecule has 0 saturated carbocycles. The normalized spacial score (nSPS) is 17.6. The molecule has 4 rings (SSSR count). The third-order valence-electron chi connectivity index (χ3n) is 6.40. The lowest BCUT2D eigenvalue weighted by Gasteiger charge is -2.30. The summed E-state index contributed by atoms with van der Waals surface area (Å²) in [5, 5.41) is 0. The van der Waals surface area contributed by atoms with E-state index in [0.717, 1.165) is 0 Å². The number of hydrogen-bond acceptors (Lipinski definition) is 6. The molecule has 3 aromatic rings. The molecule has 1 amide bonds. The highest BCUT2D eigenvalue weighted by Crippen LogP contribution is 2.37. The van der Waals surface area contributed by atoms with E-state index in [4.69, 9.17) is 4.74 Å². The molecule has 0 N–H and O–H groups in total. The number of nitrogens with zero attached hydrogens (tertiary/aromatic N) is 2. The number of ether oxygens (including phenoxy) is 1. The number of sulfonamides is 2. The Balaban J connectivity index is 1.76. The standard InChI is InChI=1S/C27H30N2O6S2/c1-27(2)18-22(28(20-27)26(30)21-14-16-23(35-3)17-15-21)19-29(36(31,32)24-10-6-4-7-11-24)37(33,34)25-12-8-5-9-13-25/h4-17,22H,18-20H2,1-3H3. The van der Waals surface area contributed by atoms with Crippen LogP contribution in [0.4, 0.5) is 0 Å². The molecule has 1 aliphatic heterocycles. The van der Waals surface area contributed by atoms with Crippen LogP contribution in [0, 0.1) is 5.41 Å². The minimum atomic E-state index is -4.46. The van der Waals surface area contributed by atoms with E-state index in [0.29, 0.717) is 28.0 Å². The van der Waals surface area contributed by atoms with Gasteiger partial charge in [0.1, 0.15) is 5.75 Å². The van der Waals surface area contributed by atoms with E-state index >= 15 is 0 Å². The number of rotatable bonds is 8. The summed E-state index contributed by atoms with van der Waals surface area (Å²) < 4.78 is 60.7. The molecule has 8 nitrogen and oxygen atoms in total. The highest BCUT2D eigenvalue weighted by atomic mass is 32.3. The second-order valence-electron chi connectivity index (χ2n) is 9.78. The maximum Gasteiger partial charge on any atom is 0.256 e. The minimum Gasteiger partial charge on any atom is -0.497 e. The van der Waals surface area contributed by atoms with Gasteiger partial charge in [0.15, 0.2) is 0 Å². The summed E-state index contributed by atoms with van der Waals surface area (Å²) in [5.74, 6) is 0.302. The fourth-order valence-corrected chi connectivity index (χ4v) is 8.38. The zero-order chi connectivity index (χ0) is 26.8. The highest BCUT2D eigenvalue weighted by Gasteiger charge is 2.45. The van der Waals surface area contributed by atoms with E-state index in [-0.39, 0.29) is 21.1 Å². The summed E-state index contributed by atoms with van der Waals surface area (Å²) in [5.41, 5.74) is 0.0674. The van der Waals surface area contributed by atoms with Gasteiger partial charge in [-0.25, -0.2) is 16.8 Å². The minimum absolute atomic E-state index is 0.139. The van der Waals surface area contributed by atoms with E-state index < -0.39 is 32.6 Å². The Morgan fingerprint density at radius 3 is 1.81 bits per heavy atom. The fourth-order valence-electron chi connectivity index (χ4n) is 4.62. The quantitative estimate of drug-likeness (QED) is 0.426. The molecule has 196 valence electrons. The first-order valence-electron chi connectivity index (χ1n) is 11.8. The highest BCUT2D eigenvalue weighted by molar-refractivity contribution is 8.04. The second kappa shape index (κ2) is 10.3. The molecule has 0 radical (unpaired) electrons. The average Bonchev–Trinajstić information content (AvgIpc) is 3.21. The van der Waals surface area contributed by atoms with Gasteiger partial charge in [0.05, 0.1) is 23.4 Å². The predicted molar refractivity (Wildman–Crippen MR) is 140 cm³/mol. The van der Waals surface area contributed by atoms with Gasteiger partial charge in [0.25, 0.3) is 26.0 Å². The van der Waals surface area contributed by atoms with Crippen molar-refractivity contribution in [1.29, 1.82) is 0 Å². The lowest BCUT2D eigenvalue weighted by molar-refractivity contribution is 0.0720. The molecule has 3 aromatic carbocycles. The lowest BCUT2D eigenvalue weighted by atomic mass is 9.91. The fraction of sp³-hybridized carbons (Fsp3) is 0.296. The van der Waals surface area contributed by atoms with Crippen LogP contribution in [0.2, 0.25) is 0 Å². The molecular weight excluding hydrogens is 512 g/mol. The molecule has 1 heterocycles. The van der Waals surface area contributed by atoms with Crippen molar-refractivity contribution in [2.45, 2.75) is 36.1 Å². The van der Waals surface area contributed by atoms with Crippen LogP contribution in [0.15, 0.2) is 94.7 Å². The predicted octanol–water partition coefficient (Wildman–Crippen LogP) is 4.02. The maximum absolute atomic E-state index is 13.7. The molecular formula is C27H30N2O6S2. The largest absolute Gasteiger partial charge is 0.497 e. The first-order chi connectivity index (χ1) is 17.5. The van der Waals surface area contributed by atoms with Crippen molar-refractivity contribution in [2.24, 2.45) is 5.41 Å². The van der Waals surface area contributed by atoms with E-state index in [1.54, 1.807) is 65.6 Å². The van der Waals surface area contributed by atoms with Crippen LogP contribution in [0.5, 0.6) is 5.75 Å². The number of hydrogen-bond donors (Lipinski definition) is 0. The first kappa shape index (κ1) is 26.8. The van der Waals surface area contributed by atoms with Crippen molar-refractivity contribution < 1.29 is 26.4 Å². The first-order valence-corrected chi connectivity index (χ1v) is 14.7. The second-order valence-corrected chi connectivity index (χ2v) is 13.7. The number of carbonyl (C=O) groups is 1.